The van der Waals surface area contributed by atoms with Crippen LogP contribution in [0.15, 0.2) is 24.3 Å². The summed E-state index contributed by atoms with van der Waals surface area (Å²) in [4.78, 5) is 14.2. The number of nitrogens with zero attached hydrogens (tertiary/aromatic N) is 2. The summed E-state index contributed by atoms with van der Waals surface area (Å²) in [5, 5.41) is 0. The van der Waals surface area contributed by atoms with E-state index in [0.29, 0.717) is 32.8 Å². The summed E-state index contributed by atoms with van der Waals surface area (Å²) in [5.74, 6) is -0.396. The molecular formula is C16H21FN2O4S. The van der Waals surface area contributed by atoms with Crippen LogP contribution in [0.5, 0.6) is 0 Å². The molecular weight excluding hydrogens is 335 g/mol. The summed E-state index contributed by atoms with van der Waals surface area (Å²) in [6.45, 7) is 2.03. The highest BCUT2D eigenvalue weighted by Crippen LogP contribution is 2.25. The lowest BCUT2D eigenvalue weighted by molar-refractivity contribution is -0.130. The molecule has 2 aliphatic heterocycles. The average Bonchev–Trinajstić information content (AvgIpc) is 2.80. The van der Waals surface area contributed by atoms with Crippen LogP contribution in [-0.4, -0.2) is 68.7 Å². The maximum Gasteiger partial charge on any atom is 0.227 e. The first-order valence-electron chi connectivity index (χ1n) is 7.92. The number of benzene rings is 1. The Morgan fingerprint density at radius 2 is 1.96 bits per heavy atom. The Morgan fingerprint density at radius 3 is 2.62 bits per heavy atom. The van der Waals surface area contributed by atoms with E-state index < -0.39 is 10.0 Å². The lowest BCUT2D eigenvalue weighted by atomic mass is 10.1. The van der Waals surface area contributed by atoms with E-state index in [1.165, 1.54) is 22.7 Å². The van der Waals surface area contributed by atoms with Gasteiger partial charge in [-0.15, -0.1) is 0 Å². The molecule has 0 N–H and O–H groups in total. The molecule has 0 spiro atoms. The Morgan fingerprint density at radius 1 is 1.25 bits per heavy atom. The van der Waals surface area contributed by atoms with Crippen LogP contribution in [0.1, 0.15) is 5.56 Å². The number of ether oxygens (including phenoxy) is 1. The first-order chi connectivity index (χ1) is 11.3. The second-order valence-corrected chi connectivity index (χ2v) is 8.37. The number of carbonyl (C=O) groups excluding carboxylic acids is 1. The van der Waals surface area contributed by atoms with Gasteiger partial charge in [-0.25, -0.2) is 12.8 Å². The van der Waals surface area contributed by atoms with Gasteiger partial charge in [0, 0.05) is 32.1 Å². The number of likely N-dealkylation sites (tertiary alicyclic amines) is 1. The van der Waals surface area contributed by atoms with E-state index in [9.17, 15) is 17.6 Å². The maximum absolute atomic E-state index is 12.9. The van der Waals surface area contributed by atoms with Crippen LogP contribution in [-0.2, 0) is 26.0 Å². The van der Waals surface area contributed by atoms with Crippen molar-refractivity contribution in [2.24, 2.45) is 5.92 Å². The van der Waals surface area contributed by atoms with Gasteiger partial charge in [0.1, 0.15) is 5.82 Å². The molecule has 0 unspecified atom stereocenters. The number of sulfonamides is 1. The van der Waals surface area contributed by atoms with Crippen molar-refractivity contribution < 1.29 is 22.3 Å². The van der Waals surface area contributed by atoms with Gasteiger partial charge in [0.2, 0.25) is 15.9 Å². The summed E-state index contributed by atoms with van der Waals surface area (Å²) < 4.78 is 43.6. The highest BCUT2D eigenvalue weighted by Gasteiger charge is 2.39. The highest BCUT2D eigenvalue weighted by atomic mass is 32.2. The Kier molecular flexibility index (Phi) is 4.89. The summed E-state index contributed by atoms with van der Waals surface area (Å²) >= 11 is 0. The molecule has 0 saturated carbocycles. The minimum Gasteiger partial charge on any atom is -0.375 e. The van der Waals surface area contributed by atoms with Crippen molar-refractivity contribution in [3.8, 4) is 0 Å². The quantitative estimate of drug-likeness (QED) is 0.790. The van der Waals surface area contributed by atoms with Crippen LogP contribution in [0.25, 0.3) is 0 Å². The molecule has 8 heteroatoms. The zero-order chi connectivity index (χ0) is 17.3. The van der Waals surface area contributed by atoms with Crippen molar-refractivity contribution in [3.05, 3.63) is 35.6 Å². The van der Waals surface area contributed by atoms with Gasteiger partial charge < -0.3 is 9.64 Å². The summed E-state index contributed by atoms with van der Waals surface area (Å²) in [6.07, 6.45) is 1.27. The predicted octanol–water partition coefficient (Wildman–Crippen LogP) is 0.487. The van der Waals surface area contributed by atoms with Gasteiger partial charge in [0.15, 0.2) is 0 Å². The maximum atomic E-state index is 12.9. The van der Waals surface area contributed by atoms with Gasteiger partial charge >= 0.3 is 0 Å². The second kappa shape index (κ2) is 6.78. The minimum absolute atomic E-state index is 0.0145. The lowest BCUT2D eigenvalue weighted by Gasteiger charge is -2.21. The number of hydrogen-bond acceptors (Lipinski definition) is 4. The van der Waals surface area contributed by atoms with E-state index >= 15 is 0 Å². The van der Waals surface area contributed by atoms with Crippen LogP contribution in [0.2, 0.25) is 0 Å². The fraction of sp³-hybridized carbons (Fsp3) is 0.562. The summed E-state index contributed by atoms with van der Waals surface area (Å²) in [6, 6.07) is 5.87. The van der Waals surface area contributed by atoms with Gasteiger partial charge in [-0.05, 0) is 17.7 Å². The van der Waals surface area contributed by atoms with Gasteiger partial charge in [-0.3, -0.25) is 4.79 Å². The number of hydrogen-bond donors (Lipinski definition) is 0. The van der Waals surface area contributed by atoms with Gasteiger partial charge in [-0.1, -0.05) is 12.1 Å². The van der Waals surface area contributed by atoms with Crippen molar-refractivity contribution >= 4 is 15.9 Å². The smallest absolute Gasteiger partial charge is 0.227 e. The molecule has 2 fully saturated rings. The van der Waals surface area contributed by atoms with E-state index in [4.69, 9.17) is 4.74 Å². The van der Waals surface area contributed by atoms with Crippen LogP contribution in [0.3, 0.4) is 0 Å². The van der Waals surface area contributed by atoms with Crippen LogP contribution >= 0.6 is 0 Å². The van der Waals surface area contributed by atoms with Gasteiger partial charge in [0.25, 0.3) is 0 Å². The molecule has 1 aromatic rings. The van der Waals surface area contributed by atoms with Crippen molar-refractivity contribution in [2.45, 2.75) is 12.5 Å². The third-order valence-electron chi connectivity index (χ3n) is 4.58. The first-order valence-corrected chi connectivity index (χ1v) is 9.77. The molecule has 2 saturated heterocycles. The standard InChI is InChI=1S/C16H21FN2O4S/c1-24(21,22)19-6-7-23-15-11-18(9-13(15)10-19)16(20)8-12-2-4-14(17)5-3-12/h2-5,13,15H,6-11H2,1H3/t13-,15-/m1/s1. The number of rotatable bonds is 3. The Hall–Kier alpha value is -1.51. The van der Waals surface area contributed by atoms with Crippen molar-refractivity contribution in [1.82, 2.24) is 9.21 Å². The average molecular weight is 356 g/mol. The molecule has 132 valence electrons. The molecule has 2 atom stereocenters. The molecule has 0 aromatic heterocycles. The fourth-order valence-electron chi connectivity index (χ4n) is 3.26. The topological polar surface area (TPSA) is 66.9 Å². The second-order valence-electron chi connectivity index (χ2n) is 6.39. The Bertz CT molecular complexity index is 707. The SMILES string of the molecule is CS(=O)(=O)N1CCO[C@@H]2CN(C(=O)Cc3ccc(F)cc3)C[C@@H]2C1. The molecule has 24 heavy (non-hydrogen) atoms. The van der Waals surface area contributed by atoms with E-state index in [2.05, 4.69) is 0 Å². The Balaban J connectivity index is 1.63. The molecule has 0 bridgehead atoms. The van der Waals surface area contributed by atoms with Crippen molar-refractivity contribution in [2.75, 3.05) is 39.0 Å². The number of fused-ring (bicyclic) bond motifs is 1. The molecule has 0 aliphatic carbocycles. The monoisotopic (exact) mass is 356 g/mol. The summed E-state index contributed by atoms with van der Waals surface area (Å²) in [5.41, 5.74) is 0.757. The van der Waals surface area contributed by atoms with Crippen LogP contribution in [0, 0.1) is 11.7 Å². The molecule has 1 amide bonds. The number of halogens is 1. The van der Waals surface area contributed by atoms with E-state index in [-0.39, 0.29) is 30.2 Å². The molecule has 2 aliphatic rings. The first kappa shape index (κ1) is 17.3. The fourth-order valence-corrected chi connectivity index (χ4v) is 4.13. The normalized spacial score (nSPS) is 25.3. The molecule has 6 nitrogen and oxygen atoms in total. The van der Waals surface area contributed by atoms with Crippen molar-refractivity contribution in [3.63, 3.8) is 0 Å². The van der Waals surface area contributed by atoms with Gasteiger partial charge in [0.05, 0.1) is 25.4 Å². The lowest BCUT2D eigenvalue weighted by Crippen LogP contribution is -2.37. The Labute approximate surface area is 141 Å². The van der Waals surface area contributed by atoms with Crippen molar-refractivity contribution in [1.29, 1.82) is 0 Å². The van der Waals surface area contributed by atoms with E-state index in [1.54, 1.807) is 17.0 Å². The predicted molar refractivity (Wildman–Crippen MR) is 86.3 cm³/mol. The minimum atomic E-state index is -3.26. The number of carbonyl (C=O) groups is 1. The zero-order valence-electron chi connectivity index (χ0n) is 13.5. The van der Waals surface area contributed by atoms with Crippen LogP contribution < -0.4 is 0 Å². The molecule has 0 radical (unpaired) electrons. The third kappa shape index (κ3) is 3.93. The number of amides is 1. The highest BCUT2D eigenvalue weighted by molar-refractivity contribution is 7.88. The molecule has 3 rings (SSSR count). The van der Waals surface area contributed by atoms with E-state index in [1.807, 2.05) is 0 Å². The van der Waals surface area contributed by atoms with Gasteiger partial charge in [-0.2, -0.15) is 4.31 Å². The third-order valence-corrected chi connectivity index (χ3v) is 5.85. The largest absolute Gasteiger partial charge is 0.375 e. The van der Waals surface area contributed by atoms with Crippen LogP contribution in [0.4, 0.5) is 4.39 Å². The summed E-state index contributed by atoms with van der Waals surface area (Å²) in [7, 11) is -3.26. The van der Waals surface area contributed by atoms with E-state index in [0.717, 1.165) is 5.56 Å². The zero-order valence-corrected chi connectivity index (χ0v) is 14.3. The molecule has 1 aromatic carbocycles. The molecule has 2 heterocycles.